The van der Waals surface area contributed by atoms with E-state index < -0.39 is 12.0 Å². The molecule has 0 spiro atoms. The Kier molecular flexibility index (Phi) is 7.59. The number of carboxylic acid groups (broad SMARTS) is 1. The van der Waals surface area contributed by atoms with Gasteiger partial charge < -0.3 is 19.3 Å². The minimum Gasteiger partial charge on any atom is -0.497 e. The van der Waals surface area contributed by atoms with Crippen molar-refractivity contribution < 1.29 is 28.9 Å². The molecule has 1 aliphatic heterocycles. The van der Waals surface area contributed by atoms with E-state index in [4.69, 9.17) is 30.9 Å². The minimum atomic E-state index is -0.951. The first-order valence-electron chi connectivity index (χ1n) is 11.3. The van der Waals surface area contributed by atoms with Gasteiger partial charge in [0.1, 0.15) is 10.9 Å². The van der Waals surface area contributed by atoms with Crippen molar-refractivity contribution in [1.82, 2.24) is 9.99 Å². The Morgan fingerprint density at radius 2 is 1.81 bits per heavy atom. The van der Waals surface area contributed by atoms with E-state index in [1.54, 1.807) is 39.5 Å². The summed E-state index contributed by atoms with van der Waals surface area (Å²) in [5.41, 5.74) is 2.76. The fraction of sp³-hybridized carbons (Fsp3) is 0.308. The van der Waals surface area contributed by atoms with Crippen molar-refractivity contribution in [2.75, 3.05) is 21.3 Å². The van der Waals surface area contributed by atoms with Crippen LogP contribution in [-0.2, 0) is 9.59 Å². The van der Waals surface area contributed by atoms with Gasteiger partial charge in [0, 0.05) is 41.8 Å². The highest BCUT2D eigenvalue weighted by molar-refractivity contribution is 6.30. The zero-order valence-electron chi connectivity index (χ0n) is 20.2. The number of hydrogen-bond acceptors (Lipinski definition) is 7. The molecule has 1 aliphatic rings. The number of halogens is 1. The first kappa shape index (κ1) is 25.2. The largest absolute Gasteiger partial charge is 0.497 e. The molecule has 1 atom stereocenters. The molecular formula is C26H26ClN3O6. The van der Waals surface area contributed by atoms with Gasteiger partial charge in [-0.15, -0.1) is 0 Å². The number of hydrazone groups is 1. The molecule has 2 aromatic carbocycles. The number of methoxy groups -OCH3 is 3. The van der Waals surface area contributed by atoms with E-state index in [-0.39, 0.29) is 30.3 Å². The summed E-state index contributed by atoms with van der Waals surface area (Å²) < 4.78 is 16.0. The summed E-state index contributed by atoms with van der Waals surface area (Å²) in [4.78, 5) is 28.7. The van der Waals surface area contributed by atoms with Crippen molar-refractivity contribution in [3.8, 4) is 17.2 Å². The average molecular weight is 512 g/mol. The lowest BCUT2D eigenvalue weighted by Crippen LogP contribution is -2.27. The third-order valence-electron chi connectivity index (χ3n) is 6.03. The second-order valence-electron chi connectivity index (χ2n) is 8.25. The van der Waals surface area contributed by atoms with Crippen molar-refractivity contribution in [2.45, 2.75) is 31.7 Å². The SMILES string of the molecule is COc1ccc2cc(C3CC(c4ccc(OC)c(OC)c4)=NN3C(=O)CCCC(=O)O)c(Cl)nc2c1. The lowest BCUT2D eigenvalue weighted by atomic mass is 9.98. The topological polar surface area (TPSA) is 111 Å². The predicted octanol–water partition coefficient (Wildman–Crippen LogP) is 4.85. The molecule has 9 nitrogen and oxygen atoms in total. The smallest absolute Gasteiger partial charge is 0.303 e. The normalized spacial score (nSPS) is 15.1. The van der Waals surface area contributed by atoms with Crippen LogP contribution in [0.3, 0.4) is 0 Å². The van der Waals surface area contributed by atoms with Crippen molar-refractivity contribution in [3.05, 3.63) is 58.7 Å². The number of rotatable bonds is 9. The lowest BCUT2D eigenvalue weighted by Gasteiger charge is -2.23. The molecule has 0 bridgehead atoms. The van der Waals surface area contributed by atoms with Gasteiger partial charge in [0.15, 0.2) is 11.5 Å². The highest BCUT2D eigenvalue weighted by Gasteiger charge is 2.35. The van der Waals surface area contributed by atoms with Gasteiger partial charge in [-0.25, -0.2) is 9.99 Å². The molecule has 0 radical (unpaired) electrons. The van der Waals surface area contributed by atoms with E-state index >= 15 is 0 Å². The van der Waals surface area contributed by atoms with E-state index in [1.165, 1.54) is 5.01 Å². The molecule has 1 amide bonds. The number of aliphatic carboxylic acids is 1. The number of pyridine rings is 1. The number of amides is 1. The van der Waals surface area contributed by atoms with Gasteiger partial charge in [0.05, 0.1) is 38.6 Å². The zero-order valence-corrected chi connectivity index (χ0v) is 20.9. The molecule has 2 heterocycles. The number of benzene rings is 2. The Bertz CT molecular complexity index is 1340. The molecule has 36 heavy (non-hydrogen) atoms. The fourth-order valence-corrected chi connectivity index (χ4v) is 4.45. The van der Waals surface area contributed by atoms with Gasteiger partial charge in [0.2, 0.25) is 5.91 Å². The van der Waals surface area contributed by atoms with Crippen molar-refractivity contribution >= 4 is 40.1 Å². The maximum absolute atomic E-state index is 13.2. The summed E-state index contributed by atoms with van der Waals surface area (Å²) in [6.07, 6.45) is 0.545. The summed E-state index contributed by atoms with van der Waals surface area (Å²) in [5.74, 6) is 0.541. The summed E-state index contributed by atoms with van der Waals surface area (Å²) in [6, 6.07) is 12.3. The average Bonchev–Trinajstić information content (AvgIpc) is 3.32. The van der Waals surface area contributed by atoms with Crippen molar-refractivity contribution in [3.63, 3.8) is 0 Å². The van der Waals surface area contributed by atoms with Crippen LogP contribution in [0.4, 0.5) is 0 Å². The number of carbonyl (C=O) groups is 2. The second-order valence-corrected chi connectivity index (χ2v) is 8.61. The third-order valence-corrected chi connectivity index (χ3v) is 6.33. The number of carbonyl (C=O) groups excluding carboxylic acids is 1. The first-order chi connectivity index (χ1) is 17.3. The van der Waals surface area contributed by atoms with Crippen molar-refractivity contribution in [1.29, 1.82) is 0 Å². The summed E-state index contributed by atoms with van der Waals surface area (Å²) >= 11 is 6.62. The predicted molar refractivity (Wildman–Crippen MR) is 135 cm³/mol. The van der Waals surface area contributed by atoms with Gasteiger partial charge in [-0.05, 0) is 42.8 Å². The summed E-state index contributed by atoms with van der Waals surface area (Å²) in [6.45, 7) is 0. The second kappa shape index (κ2) is 10.8. The van der Waals surface area contributed by atoms with E-state index in [0.29, 0.717) is 40.5 Å². The number of fused-ring (bicyclic) bond motifs is 1. The van der Waals surface area contributed by atoms with Crippen LogP contribution in [0.15, 0.2) is 47.6 Å². The van der Waals surface area contributed by atoms with Gasteiger partial charge in [-0.1, -0.05) is 11.6 Å². The molecule has 0 saturated heterocycles. The Balaban J connectivity index is 1.72. The van der Waals surface area contributed by atoms with Crippen LogP contribution in [0.1, 0.15) is 42.9 Å². The highest BCUT2D eigenvalue weighted by Crippen LogP contribution is 2.39. The zero-order chi connectivity index (χ0) is 25.8. The van der Waals surface area contributed by atoms with Gasteiger partial charge in [-0.2, -0.15) is 5.10 Å². The molecule has 1 aromatic heterocycles. The molecule has 0 saturated carbocycles. The maximum atomic E-state index is 13.2. The van der Waals surface area contributed by atoms with E-state index in [0.717, 1.165) is 10.9 Å². The molecule has 0 aliphatic carbocycles. The van der Waals surface area contributed by atoms with Gasteiger partial charge >= 0.3 is 5.97 Å². The lowest BCUT2D eigenvalue weighted by molar-refractivity contribution is -0.137. The third kappa shape index (κ3) is 5.21. The molecule has 188 valence electrons. The monoisotopic (exact) mass is 511 g/mol. The number of nitrogens with zero attached hydrogens (tertiary/aromatic N) is 3. The Hall–Kier alpha value is -3.85. The molecule has 10 heteroatoms. The van der Waals surface area contributed by atoms with E-state index in [9.17, 15) is 9.59 Å². The van der Waals surface area contributed by atoms with Crippen LogP contribution >= 0.6 is 11.6 Å². The Morgan fingerprint density at radius 3 is 2.50 bits per heavy atom. The molecule has 1 N–H and O–H groups in total. The van der Waals surface area contributed by atoms with Crippen molar-refractivity contribution in [2.24, 2.45) is 5.10 Å². The van der Waals surface area contributed by atoms with Crippen LogP contribution in [0.25, 0.3) is 10.9 Å². The standard InChI is InChI=1S/C26H26ClN3O6/c1-34-17-9-7-15-11-18(26(27)28-19(15)13-17)21-14-20(16-8-10-22(35-2)23(12-16)36-3)29-30(21)24(31)5-4-6-25(32)33/h7-13,21H,4-6,14H2,1-3H3,(H,32,33). The van der Waals surface area contributed by atoms with Gasteiger partial charge in [-0.3, -0.25) is 9.59 Å². The van der Waals surface area contributed by atoms with Crippen LogP contribution in [0.5, 0.6) is 17.2 Å². The fourth-order valence-electron chi connectivity index (χ4n) is 4.18. The molecular weight excluding hydrogens is 486 g/mol. The summed E-state index contributed by atoms with van der Waals surface area (Å²) in [5, 5.41) is 16.1. The number of aromatic nitrogens is 1. The van der Waals surface area contributed by atoms with Crippen LogP contribution in [0.2, 0.25) is 5.15 Å². The first-order valence-corrected chi connectivity index (χ1v) is 11.7. The molecule has 1 unspecified atom stereocenters. The molecule has 0 fully saturated rings. The minimum absolute atomic E-state index is 0.0430. The van der Waals surface area contributed by atoms with Crippen LogP contribution in [0, 0.1) is 0 Å². The van der Waals surface area contributed by atoms with Gasteiger partial charge in [0.25, 0.3) is 0 Å². The molecule has 4 rings (SSSR count). The number of carboxylic acids is 1. The van der Waals surface area contributed by atoms with E-state index in [1.807, 2.05) is 24.3 Å². The number of hydrogen-bond donors (Lipinski definition) is 1. The number of ether oxygens (including phenoxy) is 3. The maximum Gasteiger partial charge on any atom is 0.303 e. The quantitative estimate of drug-likeness (QED) is 0.409. The summed E-state index contributed by atoms with van der Waals surface area (Å²) in [7, 11) is 4.69. The van der Waals surface area contributed by atoms with E-state index in [2.05, 4.69) is 10.1 Å². The Morgan fingerprint density at radius 1 is 1.03 bits per heavy atom. The van der Waals surface area contributed by atoms with Crippen LogP contribution < -0.4 is 14.2 Å². The Labute approximate surface area is 213 Å². The highest BCUT2D eigenvalue weighted by atomic mass is 35.5. The van der Waals surface area contributed by atoms with Crippen LogP contribution in [-0.4, -0.2) is 54.0 Å². The molecule has 3 aromatic rings.